The number of carbonyl (C=O) groups excluding carboxylic acids is 1. The molecule has 0 saturated carbocycles. The predicted octanol–water partition coefficient (Wildman–Crippen LogP) is 2.35. The van der Waals surface area contributed by atoms with Crippen LogP contribution < -0.4 is 0 Å². The third kappa shape index (κ3) is 4.59. The number of hydrogen-bond acceptors (Lipinski definition) is 6. The zero-order valence-corrected chi connectivity index (χ0v) is 17.5. The molecule has 0 unspecified atom stereocenters. The molecule has 0 bridgehead atoms. The van der Waals surface area contributed by atoms with Gasteiger partial charge >= 0.3 is 6.18 Å². The normalized spacial score (nSPS) is 19.4. The number of hydrogen-bond donors (Lipinski definition) is 0. The fourth-order valence-electron chi connectivity index (χ4n) is 3.86. The average Bonchev–Trinajstić information content (AvgIpc) is 3.15. The Labute approximate surface area is 177 Å². The third-order valence-electron chi connectivity index (χ3n) is 5.70. The second-order valence-corrected chi connectivity index (χ2v) is 9.89. The quantitative estimate of drug-likeness (QED) is 0.698. The van der Waals surface area contributed by atoms with Crippen LogP contribution in [0.2, 0.25) is 0 Å². The number of alkyl halides is 3. The van der Waals surface area contributed by atoms with E-state index < -0.39 is 21.8 Å². The molecule has 0 N–H and O–H groups in total. The van der Waals surface area contributed by atoms with Gasteiger partial charge in [-0.2, -0.15) is 18.2 Å². The van der Waals surface area contributed by atoms with Gasteiger partial charge < -0.3 is 9.42 Å². The van der Waals surface area contributed by atoms with E-state index >= 15 is 0 Å². The topological polar surface area (TPSA) is 96.6 Å². The number of piperidine rings is 1. The summed E-state index contributed by atoms with van der Waals surface area (Å²) in [7, 11) is -3.24. The van der Waals surface area contributed by atoms with E-state index in [9.17, 15) is 26.4 Å². The minimum atomic E-state index is -4.46. The number of rotatable bonds is 4. The zero-order chi connectivity index (χ0) is 22.4. The van der Waals surface area contributed by atoms with Crippen molar-refractivity contribution in [2.75, 3.05) is 32.4 Å². The highest BCUT2D eigenvalue weighted by Crippen LogP contribution is 2.33. The summed E-state index contributed by atoms with van der Waals surface area (Å²) in [5, 5.41) is 3.78. The molecule has 2 aromatic rings. The molecule has 31 heavy (non-hydrogen) atoms. The highest BCUT2D eigenvalue weighted by molar-refractivity contribution is 7.88. The van der Waals surface area contributed by atoms with Gasteiger partial charge in [-0.05, 0) is 25.0 Å². The maximum Gasteiger partial charge on any atom is 0.416 e. The standard InChI is InChI=1S/C19H21F3N4O4S/c1-31(28,29)26-7-5-12(6-8-26)18(27)25-10-14(11-25)17-23-16(24-30-17)13-3-2-4-15(9-13)19(20,21)22/h2-4,9,12,14H,5-8,10-11H2,1H3. The predicted molar refractivity (Wildman–Crippen MR) is 103 cm³/mol. The molecule has 2 fully saturated rings. The van der Waals surface area contributed by atoms with E-state index in [-0.39, 0.29) is 35.0 Å². The first-order chi connectivity index (χ1) is 14.5. The Bertz CT molecular complexity index is 1070. The van der Waals surface area contributed by atoms with Crippen molar-refractivity contribution < 1.29 is 30.9 Å². The van der Waals surface area contributed by atoms with E-state index in [2.05, 4.69) is 10.1 Å². The van der Waals surface area contributed by atoms with Crippen LogP contribution in [0.25, 0.3) is 11.4 Å². The lowest BCUT2D eigenvalue weighted by atomic mass is 9.92. The van der Waals surface area contributed by atoms with Crippen molar-refractivity contribution in [1.82, 2.24) is 19.3 Å². The second kappa shape index (κ2) is 7.90. The number of carbonyl (C=O) groups is 1. The molecule has 2 aliphatic rings. The van der Waals surface area contributed by atoms with Gasteiger partial charge in [-0.3, -0.25) is 4.79 Å². The number of likely N-dealkylation sites (tertiary alicyclic amines) is 1. The van der Waals surface area contributed by atoms with Gasteiger partial charge in [0.25, 0.3) is 0 Å². The van der Waals surface area contributed by atoms with Crippen LogP contribution in [0.1, 0.15) is 30.2 Å². The molecule has 12 heteroatoms. The minimum absolute atomic E-state index is 0.0259. The number of sulfonamides is 1. The van der Waals surface area contributed by atoms with E-state index in [0.717, 1.165) is 18.4 Å². The van der Waals surface area contributed by atoms with Crippen LogP contribution >= 0.6 is 0 Å². The Kier molecular flexibility index (Phi) is 5.54. The molecule has 8 nitrogen and oxygen atoms in total. The van der Waals surface area contributed by atoms with Crippen molar-refractivity contribution >= 4 is 15.9 Å². The van der Waals surface area contributed by atoms with Crippen LogP contribution in [-0.4, -0.2) is 66.1 Å². The second-order valence-electron chi connectivity index (χ2n) is 7.91. The van der Waals surface area contributed by atoms with Gasteiger partial charge in [0.05, 0.1) is 17.7 Å². The Hall–Kier alpha value is -2.47. The van der Waals surface area contributed by atoms with Crippen molar-refractivity contribution in [2.45, 2.75) is 24.9 Å². The number of aromatic nitrogens is 2. The Morgan fingerprint density at radius 1 is 1.19 bits per heavy atom. The van der Waals surface area contributed by atoms with Gasteiger partial charge in [-0.25, -0.2) is 12.7 Å². The largest absolute Gasteiger partial charge is 0.416 e. The fourth-order valence-corrected chi connectivity index (χ4v) is 4.73. The molecule has 3 heterocycles. The summed E-state index contributed by atoms with van der Waals surface area (Å²) in [5.41, 5.74) is -0.589. The average molecular weight is 458 g/mol. The van der Waals surface area contributed by atoms with Crippen molar-refractivity contribution in [1.29, 1.82) is 0 Å². The first-order valence-electron chi connectivity index (χ1n) is 9.77. The van der Waals surface area contributed by atoms with Gasteiger partial charge in [0.1, 0.15) is 0 Å². The molecule has 1 amide bonds. The van der Waals surface area contributed by atoms with Crippen molar-refractivity contribution in [2.24, 2.45) is 5.92 Å². The molecule has 0 aliphatic carbocycles. The Balaban J connectivity index is 1.34. The van der Waals surface area contributed by atoms with Crippen molar-refractivity contribution in [3.63, 3.8) is 0 Å². The fraction of sp³-hybridized carbons (Fsp3) is 0.526. The van der Waals surface area contributed by atoms with Crippen LogP contribution in [-0.2, 0) is 21.0 Å². The first kappa shape index (κ1) is 21.8. The smallest absolute Gasteiger partial charge is 0.341 e. The third-order valence-corrected chi connectivity index (χ3v) is 7.01. The zero-order valence-electron chi connectivity index (χ0n) is 16.7. The molecular formula is C19H21F3N4O4S. The highest BCUT2D eigenvalue weighted by atomic mass is 32.2. The van der Waals surface area contributed by atoms with Gasteiger partial charge in [0.2, 0.25) is 27.6 Å². The van der Waals surface area contributed by atoms with Gasteiger partial charge in [-0.1, -0.05) is 17.3 Å². The van der Waals surface area contributed by atoms with E-state index in [1.165, 1.54) is 16.4 Å². The number of benzene rings is 1. The molecule has 2 saturated heterocycles. The van der Waals surface area contributed by atoms with E-state index in [0.29, 0.717) is 39.0 Å². The summed E-state index contributed by atoms with van der Waals surface area (Å²) < 4.78 is 68.5. The Morgan fingerprint density at radius 2 is 1.87 bits per heavy atom. The van der Waals surface area contributed by atoms with Crippen LogP contribution in [0, 0.1) is 5.92 Å². The van der Waals surface area contributed by atoms with Crippen molar-refractivity contribution in [3.8, 4) is 11.4 Å². The van der Waals surface area contributed by atoms with Crippen LogP contribution in [0.5, 0.6) is 0 Å². The molecule has 1 aromatic carbocycles. The summed E-state index contributed by atoms with van der Waals surface area (Å²) in [6, 6.07) is 4.70. The molecule has 0 atom stereocenters. The summed E-state index contributed by atoms with van der Waals surface area (Å²) in [6.45, 7) is 1.43. The molecule has 1 aromatic heterocycles. The van der Waals surface area contributed by atoms with Gasteiger partial charge in [0, 0.05) is 37.7 Å². The van der Waals surface area contributed by atoms with Gasteiger partial charge in [-0.15, -0.1) is 0 Å². The molecule has 0 spiro atoms. The lowest BCUT2D eigenvalue weighted by molar-refractivity contribution is -0.141. The molecule has 168 valence electrons. The molecule has 2 aliphatic heterocycles. The lowest BCUT2D eigenvalue weighted by Crippen LogP contribution is -2.52. The van der Waals surface area contributed by atoms with Crippen LogP contribution in [0.15, 0.2) is 28.8 Å². The summed E-state index contributed by atoms with van der Waals surface area (Å²) >= 11 is 0. The van der Waals surface area contributed by atoms with Crippen molar-refractivity contribution in [3.05, 3.63) is 35.7 Å². The van der Waals surface area contributed by atoms with E-state index in [1.807, 2.05) is 0 Å². The summed E-state index contributed by atoms with van der Waals surface area (Å²) in [5.74, 6) is -0.0705. The maximum atomic E-state index is 12.9. The summed E-state index contributed by atoms with van der Waals surface area (Å²) in [4.78, 5) is 18.5. The molecule has 0 radical (unpaired) electrons. The monoisotopic (exact) mass is 458 g/mol. The molecular weight excluding hydrogens is 437 g/mol. The number of halogens is 3. The highest BCUT2D eigenvalue weighted by Gasteiger charge is 2.40. The number of amides is 1. The Morgan fingerprint density at radius 3 is 2.48 bits per heavy atom. The first-order valence-corrected chi connectivity index (χ1v) is 11.6. The maximum absolute atomic E-state index is 12.9. The van der Waals surface area contributed by atoms with E-state index in [4.69, 9.17) is 4.52 Å². The van der Waals surface area contributed by atoms with Crippen LogP contribution in [0.4, 0.5) is 13.2 Å². The lowest BCUT2D eigenvalue weighted by Gasteiger charge is -2.40. The summed E-state index contributed by atoms with van der Waals surface area (Å²) in [6.07, 6.45) is -2.34. The van der Waals surface area contributed by atoms with Crippen LogP contribution in [0.3, 0.4) is 0 Å². The minimum Gasteiger partial charge on any atom is -0.341 e. The SMILES string of the molecule is CS(=O)(=O)N1CCC(C(=O)N2CC(c3nc(-c4cccc(C(F)(F)F)c4)no3)C2)CC1. The van der Waals surface area contributed by atoms with Gasteiger partial charge in [0.15, 0.2) is 0 Å². The van der Waals surface area contributed by atoms with E-state index in [1.54, 1.807) is 4.90 Å². The number of nitrogens with zero attached hydrogens (tertiary/aromatic N) is 4. The molecule has 4 rings (SSSR count).